The Morgan fingerprint density at radius 1 is 1.24 bits per heavy atom. The van der Waals surface area contributed by atoms with Crippen LogP contribution in [-0.4, -0.2) is 25.8 Å². The highest BCUT2D eigenvalue weighted by atomic mass is 32.2. The van der Waals surface area contributed by atoms with Crippen molar-refractivity contribution in [2.75, 3.05) is 20.3 Å². The predicted octanol–water partition coefficient (Wildman–Crippen LogP) is 3.03. The maximum absolute atomic E-state index is 12.1. The van der Waals surface area contributed by atoms with Gasteiger partial charge in [-0.1, -0.05) is 12.1 Å². The van der Waals surface area contributed by atoms with E-state index in [1.165, 1.54) is 12.1 Å². The second-order valence-electron chi connectivity index (χ2n) is 3.36. The lowest BCUT2D eigenvalue weighted by Crippen LogP contribution is -2.18. The van der Waals surface area contributed by atoms with E-state index in [1.807, 2.05) is 0 Å². The maximum Gasteiger partial charge on any atom is 0.446 e. The molecular formula is C11H14F3NOS. The van der Waals surface area contributed by atoms with Crippen molar-refractivity contribution in [3.8, 4) is 0 Å². The summed E-state index contributed by atoms with van der Waals surface area (Å²) in [6.45, 7) is 1.96. The highest BCUT2D eigenvalue weighted by molar-refractivity contribution is 8.00. The van der Waals surface area contributed by atoms with Crippen LogP contribution >= 0.6 is 11.8 Å². The van der Waals surface area contributed by atoms with E-state index in [2.05, 4.69) is 5.32 Å². The Kier molecular flexibility index (Phi) is 5.80. The normalized spacial score (nSPS) is 11.8. The molecule has 0 aromatic heterocycles. The smallest absolute Gasteiger partial charge is 0.383 e. The molecule has 6 heteroatoms. The van der Waals surface area contributed by atoms with Crippen LogP contribution in [0.1, 0.15) is 5.56 Å². The van der Waals surface area contributed by atoms with Gasteiger partial charge in [0.15, 0.2) is 0 Å². The van der Waals surface area contributed by atoms with Crippen LogP contribution in [0.3, 0.4) is 0 Å². The van der Waals surface area contributed by atoms with Crippen LogP contribution in [0.25, 0.3) is 0 Å². The molecular weight excluding hydrogens is 251 g/mol. The van der Waals surface area contributed by atoms with E-state index in [0.717, 1.165) is 12.1 Å². The van der Waals surface area contributed by atoms with Crippen molar-refractivity contribution in [2.24, 2.45) is 0 Å². The van der Waals surface area contributed by atoms with E-state index in [0.29, 0.717) is 13.2 Å². The van der Waals surface area contributed by atoms with Gasteiger partial charge in [0.2, 0.25) is 0 Å². The zero-order valence-electron chi connectivity index (χ0n) is 9.38. The van der Waals surface area contributed by atoms with E-state index in [4.69, 9.17) is 4.74 Å². The molecule has 96 valence electrons. The summed E-state index contributed by atoms with van der Waals surface area (Å²) in [5.74, 6) is 0. The van der Waals surface area contributed by atoms with Crippen molar-refractivity contribution in [1.29, 1.82) is 0 Å². The number of methoxy groups -OCH3 is 1. The van der Waals surface area contributed by atoms with Crippen LogP contribution in [0, 0.1) is 0 Å². The first-order chi connectivity index (χ1) is 8.01. The number of thioether (sulfide) groups is 1. The van der Waals surface area contributed by atoms with E-state index in [-0.39, 0.29) is 16.7 Å². The Morgan fingerprint density at radius 3 is 2.41 bits per heavy atom. The summed E-state index contributed by atoms with van der Waals surface area (Å²) in [5, 5.41) is 3.12. The van der Waals surface area contributed by atoms with Crippen LogP contribution < -0.4 is 5.32 Å². The van der Waals surface area contributed by atoms with Crippen LogP contribution in [0.4, 0.5) is 13.2 Å². The van der Waals surface area contributed by atoms with Crippen molar-refractivity contribution in [1.82, 2.24) is 5.32 Å². The lowest BCUT2D eigenvalue weighted by Gasteiger charge is -2.07. The first-order valence-electron chi connectivity index (χ1n) is 5.05. The molecule has 0 saturated heterocycles. The molecule has 1 N–H and O–H groups in total. The summed E-state index contributed by atoms with van der Waals surface area (Å²) < 4.78 is 41.1. The maximum atomic E-state index is 12.1. The number of halogens is 3. The minimum atomic E-state index is -4.22. The summed E-state index contributed by atoms with van der Waals surface area (Å²) in [5.41, 5.74) is -3.27. The zero-order chi connectivity index (χ0) is 12.7. The van der Waals surface area contributed by atoms with Gasteiger partial charge in [0.1, 0.15) is 0 Å². The number of nitrogens with one attached hydrogen (secondary N) is 1. The highest BCUT2D eigenvalue weighted by Crippen LogP contribution is 2.36. The number of benzene rings is 1. The second kappa shape index (κ2) is 6.88. The molecule has 1 aromatic rings. The molecule has 0 bridgehead atoms. The number of hydrogen-bond donors (Lipinski definition) is 1. The minimum Gasteiger partial charge on any atom is -0.383 e. The molecule has 0 aliphatic rings. The van der Waals surface area contributed by atoms with E-state index >= 15 is 0 Å². The Balaban J connectivity index is 2.39. The third-order valence-electron chi connectivity index (χ3n) is 1.97. The molecule has 0 atom stereocenters. The molecule has 0 fully saturated rings. The van der Waals surface area contributed by atoms with Crippen molar-refractivity contribution in [2.45, 2.75) is 16.9 Å². The number of hydrogen-bond acceptors (Lipinski definition) is 3. The summed E-state index contributed by atoms with van der Waals surface area (Å²) in [6.07, 6.45) is 0. The molecule has 0 aliphatic carbocycles. The Hall–Kier alpha value is -0.720. The molecule has 0 saturated carbocycles. The highest BCUT2D eigenvalue weighted by Gasteiger charge is 2.28. The van der Waals surface area contributed by atoms with Crippen LogP contribution in [-0.2, 0) is 11.3 Å². The number of alkyl halides is 3. The summed E-state index contributed by atoms with van der Waals surface area (Å²) >= 11 is -0.0990. The largest absolute Gasteiger partial charge is 0.446 e. The molecule has 2 nitrogen and oxygen atoms in total. The number of rotatable bonds is 6. The molecule has 0 heterocycles. The molecule has 0 radical (unpaired) electrons. The standard InChI is InChI=1S/C11H14F3NOS/c1-16-7-6-15-8-9-2-4-10(5-3-9)17-11(12,13)14/h2-5,15H,6-8H2,1H3. The fourth-order valence-electron chi connectivity index (χ4n) is 1.22. The summed E-state index contributed by atoms with van der Waals surface area (Å²) in [7, 11) is 1.62. The summed E-state index contributed by atoms with van der Waals surface area (Å²) in [4.78, 5) is 0.207. The van der Waals surface area contributed by atoms with Gasteiger partial charge in [-0.15, -0.1) is 0 Å². The Morgan fingerprint density at radius 2 is 1.88 bits per heavy atom. The third-order valence-corrected chi connectivity index (χ3v) is 2.71. The first-order valence-corrected chi connectivity index (χ1v) is 5.87. The summed E-state index contributed by atoms with van der Waals surface area (Å²) in [6, 6.07) is 6.33. The molecule has 0 spiro atoms. The lowest BCUT2D eigenvalue weighted by atomic mass is 10.2. The lowest BCUT2D eigenvalue weighted by molar-refractivity contribution is -0.0328. The molecule has 1 aromatic carbocycles. The number of ether oxygens (including phenoxy) is 1. The average molecular weight is 265 g/mol. The van der Waals surface area contributed by atoms with Gasteiger partial charge in [-0.3, -0.25) is 0 Å². The van der Waals surface area contributed by atoms with E-state index in [9.17, 15) is 13.2 Å². The molecule has 0 aliphatic heterocycles. The first kappa shape index (κ1) is 14.3. The van der Waals surface area contributed by atoms with Crippen LogP contribution in [0.2, 0.25) is 0 Å². The van der Waals surface area contributed by atoms with Gasteiger partial charge in [-0.05, 0) is 29.5 Å². The predicted molar refractivity (Wildman–Crippen MR) is 61.9 cm³/mol. The topological polar surface area (TPSA) is 21.3 Å². The van der Waals surface area contributed by atoms with Gasteiger partial charge in [0.05, 0.1) is 6.61 Å². The van der Waals surface area contributed by atoms with Gasteiger partial charge < -0.3 is 10.1 Å². The van der Waals surface area contributed by atoms with Crippen LogP contribution in [0.5, 0.6) is 0 Å². The van der Waals surface area contributed by atoms with Crippen molar-refractivity contribution in [3.63, 3.8) is 0 Å². The van der Waals surface area contributed by atoms with Gasteiger partial charge in [0.25, 0.3) is 0 Å². The van der Waals surface area contributed by atoms with Gasteiger partial charge in [0, 0.05) is 25.1 Å². The molecule has 0 amide bonds. The third kappa shape index (κ3) is 6.55. The fraction of sp³-hybridized carbons (Fsp3) is 0.455. The molecule has 17 heavy (non-hydrogen) atoms. The average Bonchev–Trinajstić information content (AvgIpc) is 2.25. The van der Waals surface area contributed by atoms with Gasteiger partial charge in [-0.25, -0.2) is 0 Å². The minimum absolute atomic E-state index is 0.0990. The van der Waals surface area contributed by atoms with Crippen molar-refractivity contribution >= 4 is 11.8 Å². The van der Waals surface area contributed by atoms with Crippen molar-refractivity contribution in [3.05, 3.63) is 29.8 Å². The fourth-order valence-corrected chi connectivity index (χ4v) is 1.76. The zero-order valence-corrected chi connectivity index (χ0v) is 10.2. The second-order valence-corrected chi connectivity index (χ2v) is 4.50. The Labute approximate surface area is 103 Å². The quantitative estimate of drug-likeness (QED) is 0.631. The van der Waals surface area contributed by atoms with E-state index < -0.39 is 5.51 Å². The monoisotopic (exact) mass is 265 g/mol. The van der Waals surface area contributed by atoms with Crippen LogP contribution in [0.15, 0.2) is 29.2 Å². The van der Waals surface area contributed by atoms with E-state index in [1.54, 1.807) is 19.2 Å². The SMILES string of the molecule is COCCNCc1ccc(SC(F)(F)F)cc1. The van der Waals surface area contributed by atoms with Gasteiger partial charge in [-0.2, -0.15) is 13.2 Å². The van der Waals surface area contributed by atoms with Crippen molar-refractivity contribution < 1.29 is 17.9 Å². The molecule has 0 unspecified atom stereocenters. The molecule has 1 rings (SSSR count). The Bertz CT molecular complexity index is 326. The van der Waals surface area contributed by atoms with Gasteiger partial charge >= 0.3 is 5.51 Å².